The number of thioether (sulfide) groups is 1. The molecule has 0 aromatic heterocycles. The number of amides is 2. The van der Waals surface area contributed by atoms with Gasteiger partial charge < -0.3 is 10.2 Å². The summed E-state index contributed by atoms with van der Waals surface area (Å²) in [5, 5.41) is 4.53. The van der Waals surface area contributed by atoms with Crippen LogP contribution in [-0.2, 0) is 16.1 Å². The lowest BCUT2D eigenvalue weighted by molar-refractivity contribution is -0.140. The third-order valence-corrected chi connectivity index (χ3v) is 6.32. The van der Waals surface area contributed by atoms with Crippen LogP contribution < -0.4 is 5.32 Å². The first-order valence-electron chi connectivity index (χ1n) is 9.71. The van der Waals surface area contributed by atoms with E-state index in [1.807, 2.05) is 31.2 Å². The van der Waals surface area contributed by atoms with E-state index in [0.29, 0.717) is 33.8 Å². The Labute approximate surface area is 197 Å². The molecule has 1 atom stereocenters. The second-order valence-electron chi connectivity index (χ2n) is 6.78. The molecule has 2 aromatic carbocycles. The maximum Gasteiger partial charge on any atom is 0.242 e. The highest BCUT2D eigenvalue weighted by Crippen LogP contribution is 2.25. The predicted octanol–water partition coefficient (Wildman–Crippen LogP) is 6.07. The number of carbonyl (C=O) groups excluding carboxylic acids is 2. The SMILES string of the molecule is CCCNC(=O)[C@H](C)N(Cc1ccc(Cl)cc1Cl)C(=O)CCSc1ccc(Cl)cc1. The zero-order valence-corrected chi connectivity index (χ0v) is 20.0. The Hall–Kier alpha value is -1.40. The fourth-order valence-corrected chi connectivity index (χ4v) is 4.18. The lowest BCUT2D eigenvalue weighted by Crippen LogP contribution is -2.47. The Morgan fingerprint density at radius 2 is 1.73 bits per heavy atom. The summed E-state index contributed by atoms with van der Waals surface area (Å²) in [5.41, 5.74) is 0.745. The molecular formula is C22H25Cl3N2O2S. The number of rotatable bonds is 10. The van der Waals surface area contributed by atoms with Crippen molar-refractivity contribution in [2.75, 3.05) is 12.3 Å². The normalized spacial score (nSPS) is 11.8. The van der Waals surface area contributed by atoms with Crippen LogP contribution in [-0.4, -0.2) is 35.1 Å². The molecule has 30 heavy (non-hydrogen) atoms. The van der Waals surface area contributed by atoms with Crippen molar-refractivity contribution in [2.24, 2.45) is 0 Å². The van der Waals surface area contributed by atoms with Gasteiger partial charge in [0.05, 0.1) is 0 Å². The summed E-state index contributed by atoms with van der Waals surface area (Å²) in [6, 6.07) is 12.0. The Balaban J connectivity index is 2.09. The van der Waals surface area contributed by atoms with Crippen LogP contribution >= 0.6 is 46.6 Å². The molecule has 0 aliphatic rings. The number of hydrogen-bond donors (Lipinski definition) is 1. The molecule has 0 heterocycles. The Morgan fingerprint density at radius 1 is 1.07 bits per heavy atom. The highest BCUT2D eigenvalue weighted by atomic mass is 35.5. The van der Waals surface area contributed by atoms with E-state index in [1.54, 1.807) is 41.8 Å². The summed E-state index contributed by atoms with van der Waals surface area (Å²) in [6.07, 6.45) is 1.12. The molecule has 2 rings (SSSR count). The van der Waals surface area contributed by atoms with E-state index in [-0.39, 0.29) is 18.4 Å². The quantitative estimate of drug-likeness (QED) is 0.414. The van der Waals surface area contributed by atoms with E-state index in [0.717, 1.165) is 16.9 Å². The molecule has 2 aromatic rings. The van der Waals surface area contributed by atoms with Crippen LogP contribution in [0.1, 0.15) is 32.3 Å². The van der Waals surface area contributed by atoms with Crippen LogP contribution in [0.5, 0.6) is 0 Å². The first kappa shape index (κ1) is 24.9. The number of halogens is 3. The first-order chi connectivity index (χ1) is 14.3. The zero-order chi connectivity index (χ0) is 22.1. The van der Waals surface area contributed by atoms with Gasteiger partial charge in [0.2, 0.25) is 11.8 Å². The van der Waals surface area contributed by atoms with Gasteiger partial charge in [0.25, 0.3) is 0 Å². The molecule has 0 saturated carbocycles. The van der Waals surface area contributed by atoms with Gasteiger partial charge in [0, 0.05) is 45.2 Å². The van der Waals surface area contributed by atoms with Crippen molar-refractivity contribution in [3.05, 3.63) is 63.1 Å². The number of hydrogen-bond acceptors (Lipinski definition) is 3. The van der Waals surface area contributed by atoms with Crippen LogP contribution in [0.3, 0.4) is 0 Å². The van der Waals surface area contributed by atoms with E-state index in [9.17, 15) is 9.59 Å². The summed E-state index contributed by atoms with van der Waals surface area (Å²) in [4.78, 5) is 28.2. The fourth-order valence-electron chi connectivity index (χ4n) is 2.74. The molecule has 0 aliphatic heterocycles. The standard InChI is InChI=1S/C22H25Cl3N2O2S/c1-3-11-26-22(29)15(2)27(14-16-4-5-18(24)13-20(16)25)21(28)10-12-30-19-8-6-17(23)7-9-19/h4-9,13,15H,3,10-12,14H2,1-2H3,(H,26,29)/t15-/m0/s1. The third-order valence-electron chi connectivity index (χ3n) is 4.47. The van der Waals surface area contributed by atoms with Gasteiger partial charge in [-0.3, -0.25) is 9.59 Å². The first-order valence-corrected chi connectivity index (χ1v) is 11.8. The molecule has 4 nitrogen and oxygen atoms in total. The molecule has 0 saturated heterocycles. The zero-order valence-electron chi connectivity index (χ0n) is 17.0. The molecule has 0 spiro atoms. The van der Waals surface area contributed by atoms with Gasteiger partial charge in [-0.1, -0.05) is 47.8 Å². The van der Waals surface area contributed by atoms with E-state index in [4.69, 9.17) is 34.8 Å². The van der Waals surface area contributed by atoms with Gasteiger partial charge in [-0.2, -0.15) is 0 Å². The van der Waals surface area contributed by atoms with Crippen molar-refractivity contribution in [1.82, 2.24) is 10.2 Å². The highest BCUT2D eigenvalue weighted by molar-refractivity contribution is 7.99. The van der Waals surface area contributed by atoms with Crippen molar-refractivity contribution >= 4 is 58.4 Å². The van der Waals surface area contributed by atoms with Crippen molar-refractivity contribution in [1.29, 1.82) is 0 Å². The summed E-state index contributed by atoms with van der Waals surface area (Å²) in [5.74, 6) is 0.302. The van der Waals surface area contributed by atoms with Crippen molar-refractivity contribution in [2.45, 2.75) is 44.2 Å². The van der Waals surface area contributed by atoms with Gasteiger partial charge in [-0.05, 0) is 55.3 Å². The van der Waals surface area contributed by atoms with Gasteiger partial charge in [0.15, 0.2) is 0 Å². The Bertz CT molecular complexity index is 862. The fraction of sp³-hybridized carbons (Fsp3) is 0.364. The summed E-state index contributed by atoms with van der Waals surface area (Å²) in [7, 11) is 0. The topological polar surface area (TPSA) is 49.4 Å². The summed E-state index contributed by atoms with van der Waals surface area (Å²) in [6.45, 7) is 4.52. The maximum absolute atomic E-state index is 13.0. The molecular weight excluding hydrogens is 463 g/mol. The van der Waals surface area contributed by atoms with Crippen LogP contribution in [0.25, 0.3) is 0 Å². The highest BCUT2D eigenvalue weighted by Gasteiger charge is 2.26. The second-order valence-corrected chi connectivity index (χ2v) is 9.23. The molecule has 0 aliphatic carbocycles. The number of benzene rings is 2. The van der Waals surface area contributed by atoms with E-state index in [2.05, 4.69) is 5.32 Å². The molecule has 8 heteroatoms. The third kappa shape index (κ3) is 7.69. The van der Waals surface area contributed by atoms with Crippen molar-refractivity contribution in [3.8, 4) is 0 Å². The van der Waals surface area contributed by atoms with Crippen LogP contribution in [0.15, 0.2) is 47.4 Å². The molecule has 0 bridgehead atoms. The monoisotopic (exact) mass is 486 g/mol. The maximum atomic E-state index is 13.0. The average Bonchev–Trinajstić information content (AvgIpc) is 2.72. The Morgan fingerprint density at radius 3 is 2.37 bits per heavy atom. The van der Waals surface area contributed by atoms with E-state index < -0.39 is 6.04 Å². The minimum absolute atomic E-state index is 0.110. The molecule has 0 radical (unpaired) electrons. The van der Waals surface area contributed by atoms with E-state index in [1.165, 1.54) is 0 Å². The Kier molecular flexibility index (Phi) is 10.3. The molecule has 1 N–H and O–H groups in total. The lowest BCUT2D eigenvalue weighted by Gasteiger charge is -2.29. The van der Waals surface area contributed by atoms with Crippen LogP contribution in [0, 0.1) is 0 Å². The minimum Gasteiger partial charge on any atom is -0.354 e. The van der Waals surface area contributed by atoms with Gasteiger partial charge in [-0.25, -0.2) is 0 Å². The van der Waals surface area contributed by atoms with Crippen LogP contribution in [0.2, 0.25) is 15.1 Å². The van der Waals surface area contributed by atoms with Gasteiger partial charge in [-0.15, -0.1) is 11.8 Å². The molecule has 162 valence electrons. The summed E-state index contributed by atoms with van der Waals surface area (Å²) >= 11 is 19.8. The van der Waals surface area contributed by atoms with Gasteiger partial charge in [0.1, 0.15) is 6.04 Å². The second kappa shape index (κ2) is 12.5. The minimum atomic E-state index is -0.615. The summed E-state index contributed by atoms with van der Waals surface area (Å²) < 4.78 is 0. The van der Waals surface area contributed by atoms with E-state index >= 15 is 0 Å². The smallest absolute Gasteiger partial charge is 0.242 e. The van der Waals surface area contributed by atoms with Crippen molar-refractivity contribution in [3.63, 3.8) is 0 Å². The lowest BCUT2D eigenvalue weighted by atomic mass is 10.1. The predicted molar refractivity (Wildman–Crippen MR) is 127 cm³/mol. The number of nitrogens with zero attached hydrogens (tertiary/aromatic N) is 1. The van der Waals surface area contributed by atoms with Crippen LogP contribution in [0.4, 0.5) is 0 Å². The molecule has 2 amide bonds. The molecule has 0 unspecified atom stereocenters. The number of carbonyl (C=O) groups is 2. The molecule has 0 fully saturated rings. The van der Waals surface area contributed by atoms with Crippen molar-refractivity contribution < 1.29 is 9.59 Å². The largest absolute Gasteiger partial charge is 0.354 e. The average molecular weight is 488 g/mol. The number of nitrogens with one attached hydrogen (secondary N) is 1. The van der Waals surface area contributed by atoms with Gasteiger partial charge >= 0.3 is 0 Å².